The van der Waals surface area contributed by atoms with E-state index in [1.54, 1.807) is 0 Å². The lowest BCUT2D eigenvalue weighted by Crippen LogP contribution is -1.91. The molecule has 7 heteroatoms. The SMILES string of the molecule is O=[N+]([O-])c1cccc(CP(=O)(O)O)c1. The molecule has 0 amide bonds. The van der Waals surface area contributed by atoms with E-state index in [0.717, 1.165) is 6.07 Å². The molecule has 1 aromatic rings. The molecule has 0 unspecified atom stereocenters. The van der Waals surface area contributed by atoms with Gasteiger partial charge in [-0.15, -0.1) is 0 Å². The molecule has 1 aromatic carbocycles. The fourth-order valence-electron chi connectivity index (χ4n) is 1.01. The predicted octanol–water partition coefficient (Wildman–Crippen LogP) is 1.27. The van der Waals surface area contributed by atoms with Crippen LogP contribution in [-0.4, -0.2) is 14.7 Å². The molecule has 1 rings (SSSR count). The second-order valence-electron chi connectivity index (χ2n) is 2.75. The Morgan fingerprint density at radius 3 is 2.57 bits per heavy atom. The number of benzene rings is 1. The third kappa shape index (κ3) is 3.26. The number of nitrogens with zero attached hydrogens (tertiary/aromatic N) is 1. The highest BCUT2D eigenvalue weighted by molar-refractivity contribution is 7.50. The molecule has 0 saturated carbocycles. The molecule has 6 nitrogen and oxygen atoms in total. The maximum atomic E-state index is 10.6. The highest BCUT2D eigenvalue weighted by Gasteiger charge is 2.15. The summed E-state index contributed by atoms with van der Waals surface area (Å²) in [6.45, 7) is 0. The van der Waals surface area contributed by atoms with E-state index in [0.29, 0.717) is 0 Å². The number of nitro benzene ring substituents is 1. The Morgan fingerprint density at radius 2 is 2.07 bits per heavy atom. The fourth-order valence-corrected chi connectivity index (χ4v) is 1.68. The standard InChI is InChI=1S/C7H8NO5P/c9-8(10)7-3-1-2-6(4-7)5-14(11,12)13/h1-4H,5H2,(H2,11,12,13). The van der Waals surface area contributed by atoms with Crippen molar-refractivity contribution in [2.75, 3.05) is 0 Å². The van der Waals surface area contributed by atoms with Crippen LogP contribution in [0.1, 0.15) is 5.56 Å². The van der Waals surface area contributed by atoms with Crippen molar-refractivity contribution in [2.45, 2.75) is 6.16 Å². The van der Waals surface area contributed by atoms with Crippen molar-refractivity contribution in [3.8, 4) is 0 Å². The first kappa shape index (κ1) is 10.8. The number of non-ortho nitro benzene ring substituents is 1. The van der Waals surface area contributed by atoms with Crippen molar-refractivity contribution < 1.29 is 19.3 Å². The van der Waals surface area contributed by atoms with Crippen LogP contribution >= 0.6 is 7.60 Å². The van der Waals surface area contributed by atoms with Gasteiger partial charge in [0.2, 0.25) is 0 Å². The quantitative estimate of drug-likeness (QED) is 0.451. The van der Waals surface area contributed by atoms with Crippen LogP contribution in [0, 0.1) is 10.1 Å². The van der Waals surface area contributed by atoms with Crippen molar-refractivity contribution in [1.29, 1.82) is 0 Å². The maximum absolute atomic E-state index is 10.6. The first-order valence-corrected chi connectivity index (χ1v) is 5.46. The summed E-state index contributed by atoms with van der Waals surface area (Å²) in [7, 11) is -4.16. The Labute approximate surface area is 79.5 Å². The molecule has 0 atom stereocenters. The smallest absolute Gasteiger partial charge is 0.324 e. The number of rotatable bonds is 3. The lowest BCUT2D eigenvalue weighted by atomic mass is 10.2. The van der Waals surface area contributed by atoms with Crippen LogP contribution < -0.4 is 0 Å². The van der Waals surface area contributed by atoms with Crippen LogP contribution in [-0.2, 0) is 10.7 Å². The van der Waals surface area contributed by atoms with Gasteiger partial charge in [0.15, 0.2) is 0 Å². The van der Waals surface area contributed by atoms with E-state index in [-0.39, 0.29) is 11.3 Å². The highest BCUT2D eigenvalue weighted by atomic mass is 31.2. The van der Waals surface area contributed by atoms with Crippen LogP contribution in [0.5, 0.6) is 0 Å². The normalized spacial score (nSPS) is 11.3. The van der Waals surface area contributed by atoms with Crippen LogP contribution in [0.2, 0.25) is 0 Å². The van der Waals surface area contributed by atoms with E-state index in [1.165, 1.54) is 18.2 Å². The van der Waals surface area contributed by atoms with Gasteiger partial charge in [0.25, 0.3) is 5.69 Å². The molecule has 0 aromatic heterocycles. The van der Waals surface area contributed by atoms with Crippen molar-refractivity contribution in [3.05, 3.63) is 39.9 Å². The molecule has 0 aliphatic heterocycles. The summed E-state index contributed by atoms with van der Waals surface area (Å²) in [6.07, 6.45) is -0.478. The molecule has 14 heavy (non-hydrogen) atoms. The Kier molecular flexibility index (Phi) is 3.00. The lowest BCUT2D eigenvalue weighted by molar-refractivity contribution is -0.384. The average Bonchev–Trinajstić information content (AvgIpc) is 2.01. The molecule has 0 bridgehead atoms. The minimum atomic E-state index is -4.16. The fraction of sp³-hybridized carbons (Fsp3) is 0.143. The minimum absolute atomic E-state index is 0.170. The Morgan fingerprint density at radius 1 is 1.43 bits per heavy atom. The molecular weight excluding hydrogens is 209 g/mol. The van der Waals surface area contributed by atoms with E-state index < -0.39 is 18.7 Å². The molecule has 0 heterocycles. The Hall–Kier alpha value is -1.23. The molecular formula is C7H8NO5P. The zero-order valence-corrected chi connectivity index (χ0v) is 7.92. The summed E-state index contributed by atoms with van der Waals surface area (Å²) < 4.78 is 10.6. The first-order chi connectivity index (χ1) is 6.38. The highest BCUT2D eigenvalue weighted by Crippen LogP contribution is 2.39. The van der Waals surface area contributed by atoms with Crippen LogP contribution in [0.15, 0.2) is 24.3 Å². The molecule has 0 aliphatic carbocycles. The van der Waals surface area contributed by atoms with Crippen molar-refractivity contribution >= 4 is 13.3 Å². The number of nitro groups is 1. The zero-order valence-electron chi connectivity index (χ0n) is 7.03. The van der Waals surface area contributed by atoms with Gasteiger partial charge in [-0.3, -0.25) is 14.7 Å². The number of hydrogen-bond acceptors (Lipinski definition) is 3. The summed E-state index contributed by atoms with van der Waals surface area (Å²) in [5.74, 6) is 0. The van der Waals surface area contributed by atoms with Crippen molar-refractivity contribution in [3.63, 3.8) is 0 Å². The van der Waals surface area contributed by atoms with Crippen LogP contribution in [0.3, 0.4) is 0 Å². The summed E-state index contributed by atoms with van der Waals surface area (Å²) in [5.41, 5.74) is 0.0866. The van der Waals surface area contributed by atoms with Gasteiger partial charge >= 0.3 is 7.60 Å². The van der Waals surface area contributed by atoms with E-state index in [2.05, 4.69) is 0 Å². The topological polar surface area (TPSA) is 101 Å². The van der Waals surface area contributed by atoms with Crippen LogP contribution in [0.4, 0.5) is 5.69 Å². The minimum Gasteiger partial charge on any atom is -0.324 e. The van der Waals surface area contributed by atoms with Crippen molar-refractivity contribution in [1.82, 2.24) is 0 Å². The summed E-state index contributed by atoms with van der Waals surface area (Å²) >= 11 is 0. The maximum Gasteiger partial charge on any atom is 0.329 e. The van der Waals surface area contributed by atoms with Crippen LogP contribution in [0.25, 0.3) is 0 Å². The Balaban J connectivity index is 2.95. The van der Waals surface area contributed by atoms with Gasteiger partial charge in [0, 0.05) is 12.1 Å². The van der Waals surface area contributed by atoms with Gasteiger partial charge in [-0.25, -0.2) is 0 Å². The molecule has 0 saturated heterocycles. The van der Waals surface area contributed by atoms with Gasteiger partial charge in [0.1, 0.15) is 0 Å². The van der Waals surface area contributed by atoms with Crippen molar-refractivity contribution in [2.24, 2.45) is 0 Å². The third-order valence-corrected chi connectivity index (χ3v) is 2.29. The summed E-state index contributed by atoms with van der Waals surface area (Å²) in [4.78, 5) is 27.0. The molecule has 0 aliphatic rings. The van der Waals surface area contributed by atoms with Gasteiger partial charge in [-0.2, -0.15) is 0 Å². The average molecular weight is 217 g/mol. The summed E-state index contributed by atoms with van der Waals surface area (Å²) in [6, 6.07) is 5.25. The number of hydrogen-bond donors (Lipinski definition) is 2. The zero-order chi connectivity index (χ0) is 10.8. The second-order valence-corrected chi connectivity index (χ2v) is 4.40. The lowest BCUT2D eigenvalue weighted by Gasteiger charge is -2.02. The van der Waals surface area contributed by atoms with Gasteiger partial charge in [-0.05, 0) is 5.56 Å². The molecule has 76 valence electrons. The molecule has 0 fully saturated rings. The van der Waals surface area contributed by atoms with E-state index in [4.69, 9.17) is 9.79 Å². The van der Waals surface area contributed by atoms with E-state index >= 15 is 0 Å². The predicted molar refractivity (Wildman–Crippen MR) is 48.8 cm³/mol. The van der Waals surface area contributed by atoms with Gasteiger partial charge < -0.3 is 9.79 Å². The van der Waals surface area contributed by atoms with Gasteiger partial charge in [0.05, 0.1) is 11.1 Å². The molecule has 0 spiro atoms. The monoisotopic (exact) mass is 217 g/mol. The van der Waals surface area contributed by atoms with Gasteiger partial charge in [-0.1, -0.05) is 12.1 Å². The second kappa shape index (κ2) is 3.88. The van der Waals surface area contributed by atoms with E-state index in [9.17, 15) is 14.7 Å². The molecule has 0 radical (unpaired) electrons. The largest absolute Gasteiger partial charge is 0.329 e. The van der Waals surface area contributed by atoms with E-state index in [1.807, 2.05) is 0 Å². The first-order valence-electron chi connectivity index (χ1n) is 3.66. The Bertz CT molecular complexity index is 399. The molecule has 2 N–H and O–H groups in total. The third-order valence-electron chi connectivity index (χ3n) is 1.51. The summed E-state index contributed by atoms with van der Waals surface area (Å²) in [5, 5.41) is 10.3.